The number of H-pyrrole nitrogens is 1. The van der Waals surface area contributed by atoms with Gasteiger partial charge in [-0.1, -0.05) is 0 Å². The molecular formula is C14H18N2O7. The van der Waals surface area contributed by atoms with Gasteiger partial charge in [0.05, 0.1) is 0 Å². The maximum atomic E-state index is 12.0. The van der Waals surface area contributed by atoms with Crippen molar-refractivity contribution >= 4 is 5.97 Å². The topological polar surface area (TPSA) is 109 Å². The van der Waals surface area contributed by atoms with Crippen LogP contribution in [0.15, 0.2) is 21.9 Å². The normalized spacial score (nSPS) is 31.8. The zero-order valence-electron chi connectivity index (χ0n) is 13.0. The van der Waals surface area contributed by atoms with Crippen LogP contribution in [0.3, 0.4) is 0 Å². The van der Waals surface area contributed by atoms with Crippen molar-refractivity contribution in [2.45, 2.75) is 51.1 Å². The van der Waals surface area contributed by atoms with Crippen LogP contribution < -0.4 is 11.2 Å². The van der Waals surface area contributed by atoms with Crippen molar-refractivity contribution in [3.8, 4) is 0 Å². The van der Waals surface area contributed by atoms with Gasteiger partial charge in [-0.25, -0.2) is 4.79 Å². The lowest BCUT2D eigenvalue weighted by Gasteiger charge is -2.24. The minimum atomic E-state index is -0.850. The van der Waals surface area contributed by atoms with Crippen molar-refractivity contribution in [2.24, 2.45) is 0 Å². The van der Waals surface area contributed by atoms with E-state index in [4.69, 9.17) is 18.9 Å². The van der Waals surface area contributed by atoms with Crippen LogP contribution in [0.1, 0.15) is 27.0 Å². The summed E-state index contributed by atoms with van der Waals surface area (Å²) in [5.41, 5.74) is -1.11. The molecular weight excluding hydrogens is 308 g/mol. The van der Waals surface area contributed by atoms with E-state index >= 15 is 0 Å². The molecule has 2 aliphatic heterocycles. The summed E-state index contributed by atoms with van der Waals surface area (Å²) in [6.45, 7) is 4.79. The molecule has 3 rings (SSSR count). The Bertz CT molecular complexity index is 722. The molecule has 1 aromatic rings. The highest BCUT2D eigenvalue weighted by Crippen LogP contribution is 2.42. The molecule has 2 aliphatic rings. The second-order valence-corrected chi connectivity index (χ2v) is 5.95. The first-order valence-electron chi connectivity index (χ1n) is 7.23. The van der Waals surface area contributed by atoms with Crippen molar-refractivity contribution in [1.82, 2.24) is 9.55 Å². The van der Waals surface area contributed by atoms with Gasteiger partial charge in [0.15, 0.2) is 12.0 Å². The average Bonchev–Trinajstić information content (AvgIpc) is 2.90. The van der Waals surface area contributed by atoms with Crippen LogP contribution in [-0.4, -0.2) is 46.2 Å². The van der Waals surface area contributed by atoms with Gasteiger partial charge in [0, 0.05) is 19.2 Å². The molecule has 4 atom stereocenters. The summed E-state index contributed by atoms with van der Waals surface area (Å²) in [6, 6.07) is 1.22. The summed E-state index contributed by atoms with van der Waals surface area (Å²) in [7, 11) is 0. The van der Waals surface area contributed by atoms with Crippen molar-refractivity contribution in [2.75, 3.05) is 6.61 Å². The number of rotatable bonds is 3. The van der Waals surface area contributed by atoms with Gasteiger partial charge in [0.2, 0.25) is 0 Å². The van der Waals surface area contributed by atoms with E-state index in [1.54, 1.807) is 13.8 Å². The minimum absolute atomic E-state index is 0.00938. The second kappa shape index (κ2) is 5.59. The number of hydrogen-bond acceptors (Lipinski definition) is 7. The van der Waals surface area contributed by atoms with E-state index in [0.29, 0.717) is 0 Å². The number of ether oxygens (including phenoxy) is 4. The summed E-state index contributed by atoms with van der Waals surface area (Å²) >= 11 is 0. The maximum absolute atomic E-state index is 12.0. The Morgan fingerprint density at radius 2 is 2.04 bits per heavy atom. The van der Waals surface area contributed by atoms with E-state index in [2.05, 4.69) is 4.98 Å². The molecule has 0 saturated carbocycles. The molecule has 126 valence electrons. The molecule has 1 N–H and O–H groups in total. The Hall–Kier alpha value is -1.97. The zero-order chi connectivity index (χ0) is 16.8. The number of aromatic amines is 1. The van der Waals surface area contributed by atoms with Gasteiger partial charge in [0.1, 0.15) is 24.9 Å². The molecule has 3 unspecified atom stereocenters. The third kappa shape index (κ3) is 3.07. The number of hydrogen-bond donors (Lipinski definition) is 1. The van der Waals surface area contributed by atoms with Crippen molar-refractivity contribution in [1.29, 1.82) is 0 Å². The molecule has 1 aromatic heterocycles. The molecule has 23 heavy (non-hydrogen) atoms. The number of carbonyl (C=O) groups is 1. The predicted octanol–water partition coefficient (Wildman–Crippen LogP) is -0.483. The fraction of sp³-hybridized carbons (Fsp3) is 0.643. The first-order valence-corrected chi connectivity index (χ1v) is 7.23. The van der Waals surface area contributed by atoms with Crippen LogP contribution >= 0.6 is 0 Å². The van der Waals surface area contributed by atoms with Crippen LogP contribution in [0.5, 0.6) is 0 Å². The molecule has 2 fully saturated rings. The molecule has 0 spiro atoms. The van der Waals surface area contributed by atoms with Gasteiger partial charge in [0.25, 0.3) is 5.56 Å². The lowest BCUT2D eigenvalue weighted by Crippen LogP contribution is -2.37. The number of esters is 1. The summed E-state index contributed by atoms with van der Waals surface area (Å²) < 4.78 is 23.6. The highest BCUT2D eigenvalue weighted by Gasteiger charge is 2.56. The van der Waals surface area contributed by atoms with Gasteiger partial charge < -0.3 is 18.9 Å². The molecule has 2 saturated heterocycles. The summed E-state index contributed by atoms with van der Waals surface area (Å²) in [5, 5.41) is 0. The number of nitrogens with one attached hydrogen (secondary N) is 1. The van der Waals surface area contributed by atoms with Crippen LogP contribution in [0, 0.1) is 0 Å². The van der Waals surface area contributed by atoms with E-state index in [1.165, 1.54) is 23.8 Å². The summed E-state index contributed by atoms with van der Waals surface area (Å²) in [4.78, 5) is 36.4. The van der Waals surface area contributed by atoms with E-state index in [9.17, 15) is 14.4 Å². The SMILES string of the molecule is CC(=O)OCC1O[C@@H](n2ccc(=O)[nH]c2=O)C2OC(C)(C)OC12. The number of nitrogens with zero attached hydrogens (tertiary/aromatic N) is 1. The number of carbonyl (C=O) groups excluding carboxylic acids is 1. The maximum Gasteiger partial charge on any atom is 0.330 e. The third-order valence-electron chi connectivity index (χ3n) is 3.70. The molecule has 0 aromatic carbocycles. The monoisotopic (exact) mass is 326 g/mol. The molecule has 9 nitrogen and oxygen atoms in total. The van der Waals surface area contributed by atoms with E-state index in [0.717, 1.165) is 0 Å². The van der Waals surface area contributed by atoms with Crippen LogP contribution in [-0.2, 0) is 23.7 Å². The lowest BCUT2D eigenvalue weighted by molar-refractivity contribution is -0.202. The van der Waals surface area contributed by atoms with Gasteiger partial charge >= 0.3 is 11.7 Å². The third-order valence-corrected chi connectivity index (χ3v) is 3.70. The van der Waals surface area contributed by atoms with Gasteiger partial charge in [-0.2, -0.15) is 0 Å². The highest BCUT2D eigenvalue weighted by molar-refractivity contribution is 5.65. The number of fused-ring (bicyclic) bond motifs is 1. The van der Waals surface area contributed by atoms with Gasteiger partial charge in [-0.05, 0) is 13.8 Å². The first-order chi connectivity index (χ1) is 10.8. The predicted molar refractivity (Wildman–Crippen MR) is 75.7 cm³/mol. The van der Waals surface area contributed by atoms with Crippen molar-refractivity contribution in [3.05, 3.63) is 33.1 Å². The minimum Gasteiger partial charge on any atom is -0.463 e. The van der Waals surface area contributed by atoms with Crippen LogP contribution in [0.4, 0.5) is 0 Å². The molecule has 0 aliphatic carbocycles. The van der Waals surface area contributed by atoms with Crippen molar-refractivity contribution < 1.29 is 23.7 Å². The largest absolute Gasteiger partial charge is 0.463 e. The Labute approximate surface area is 131 Å². The molecule has 3 heterocycles. The molecule has 0 radical (unpaired) electrons. The average molecular weight is 326 g/mol. The standard InChI is InChI=1S/C14H18N2O7/c1-7(17)20-6-8-10-11(23-14(2,3)22-10)12(21-8)16-5-4-9(18)15-13(16)19/h4-5,8,10-12H,6H2,1-3H3,(H,15,18,19)/t8?,10?,11?,12-/m1/s1. The fourth-order valence-corrected chi connectivity index (χ4v) is 2.84. The first kappa shape index (κ1) is 15.9. The smallest absolute Gasteiger partial charge is 0.330 e. The lowest BCUT2D eigenvalue weighted by atomic mass is 10.1. The van der Waals surface area contributed by atoms with E-state index < -0.39 is 47.5 Å². The molecule has 0 bridgehead atoms. The molecule has 0 amide bonds. The Kier molecular flexibility index (Phi) is 3.86. The number of aromatic nitrogens is 2. The summed E-state index contributed by atoms with van der Waals surface area (Å²) in [5.74, 6) is -1.29. The second-order valence-electron chi connectivity index (χ2n) is 5.95. The summed E-state index contributed by atoms with van der Waals surface area (Å²) in [6.07, 6.45) is -1.07. The highest BCUT2D eigenvalue weighted by atomic mass is 16.8. The molecule has 9 heteroatoms. The Morgan fingerprint density at radius 1 is 1.35 bits per heavy atom. The quantitative estimate of drug-likeness (QED) is 0.747. The zero-order valence-corrected chi connectivity index (χ0v) is 13.0. The van der Waals surface area contributed by atoms with Crippen LogP contribution in [0.25, 0.3) is 0 Å². The Balaban J connectivity index is 1.90. The fourth-order valence-electron chi connectivity index (χ4n) is 2.84. The van der Waals surface area contributed by atoms with Gasteiger partial charge in [-0.3, -0.25) is 19.1 Å². The van der Waals surface area contributed by atoms with Gasteiger partial charge in [-0.15, -0.1) is 0 Å². The Morgan fingerprint density at radius 3 is 2.70 bits per heavy atom. The van der Waals surface area contributed by atoms with E-state index in [-0.39, 0.29) is 6.61 Å². The van der Waals surface area contributed by atoms with Crippen molar-refractivity contribution in [3.63, 3.8) is 0 Å². The van der Waals surface area contributed by atoms with Crippen LogP contribution in [0.2, 0.25) is 0 Å². The van der Waals surface area contributed by atoms with E-state index in [1.807, 2.05) is 0 Å².